The zero-order chi connectivity index (χ0) is 25.3. The van der Waals surface area contributed by atoms with Crippen LogP contribution in [0.4, 0.5) is 10.5 Å². The van der Waals surface area contributed by atoms with Gasteiger partial charge in [-0.05, 0) is 106 Å². The third-order valence-corrected chi connectivity index (χ3v) is 7.01. The van der Waals surface area contributed by atoms with Gasteiger partial charge >= 0.3 is 6.09 Å². The number of benzene rings is 2. The van der Waals surface area contributed by atoms with E-state index in [9.17, 15) is 4.79 Å². The van der Waals surface area contributed by atoms with E-state index < -0.39 is 11.7 Å². The topological polar surface area (TPSA) is 70.2 Å². The molecule has 1 saturated heterocycles. The maximum absolute atomic E-state index is 12.2. The largest absolute Gasteiger partial charge is 0.444 e. The van der Waals surface area contributed by atoms with E-state index in [2.05, 4.69) is 63.6 Å². The standard InChI is InChI=1S/C30H36N4O2/c1-30(2,3)36-29(35)32-25-15-14-20-7-5-8-23(17-24(20)18-25)21-10-12-22(13-11-21)26-19-31-28(33-26)27-9-6-16-34(27)4/h10-15,17-19,27H,5-9,16H2,1-4H3,(H,31,33)(H,32,35). The van der Waals surface area contributed by atoms with Gasteiger partial charge in [-0.1, -0.05) is 36.4 Å². The molecule has 0 radical (unpaired) electrons. The first-order valence-electron chi connectivity index (χ1n) is 12.9. The summed E-state index contributed by atoms with van der Waals surface area (Å²) < 4.78 is 5.41. The Balaban J connectivity index is 1.34. The first-order chi connectivity index (χ1) is 17.2. The fraction of sp³-hybridized carbons (Fsp3) is 0.400. The highest BCUT2D eigenvalue weighted by atomic mass is 16.6. The molecule has 188 valence electrons. The minimum absolute atomic E-state index is 0.393. The molecule has 1 aromatic heterocycles. The zero-order valence-corrected chi connectivity index (χ0v) is 21.7. The third-order valence-electron chi connectivity index (χ3n) is 7.01. The van der Waals surface area contributed by atoms with Gasteiger partial charge in [-0.3, -0.25) is 10.2 Å². The average Bonchev–Trinajstić information content (AvgIpc) is 3.42. The molecule has 2 aromatic carbocycles. The van der Waals surface area contributed by atoms with Crippen LogP contribution < -0.4 is 5.32 Å². The molecule has 1 atom stereocenters. The summed E-state index contributed by atoms with van der Waals surface area (Å²) in [6, 6.07) is 15.3. The lowest BCUT2D eigenvalue weighted by molar-refractivity contribution is 0.0636. The SMILES string of the molecule is CN1CCCC1c1ncc(-c2ccc(C3=Cc4cc(NC(=O)OC(C)(C)C)ccc4CCC3)cc2)[nH]1. The lowest BCUT2D eigenvalue weighted by Crippen LogP contribution is -2.27. The number of hydrogen-bond acceptors (Lipinski definition) is 4. The Bertz CT molecular complexity index is 1270. The summed E-state index contributed by atoms with van der Waals surface area (Å²) in [7, 11) is 2.17. The molecule has 1 aliphatic heterocycles. The van der Waals surface area contributed by atoms with Gasteiger partial charge < -0.3 is 9.72 Å². The van der Waals surface area contributed by atoms with Crippen LogP contribution in [0, 0.1) is 0 Å². The average molecular weight is 485 g/mol. The van der Waals surface area contributed by atoms with Gasteiger partial charge in [-0.25, -0.2) is 9.78 Å². The second-order valence-electron chi connectivity index (χ2n) is 11.0. The highest BCUT2D eigenvalue weighted by Gasteiger charge is 2.25. The van der Waals surface area contributed by atoms with Crippen LogP contribution in [0.5, 0.6) is 0 Å². The third kappa shape index (κ3) is 5.54. The number of carbonyl (C=O) groups is 1. The van der Waals surface area contributed by atoms with Gasteiger partial charge in [0.05, 0.1) is 17.9 Å². The van der Waals surface area contributed by atoms with Crippen molar-refractivity contribution in [3.8, 4) is 11.3 Å². The molecular formula is C30H36N4O2. The molecule has 1 unspecified atom stereocenters. The summed E-state index contributed by atoms with van der Waals surface area (Å²) in [4.78, 5) is 22.8. The number of aryl methyl sites for hydroxylation is 1. The van der Waals surface area contributed by atoms with Crippen molar-refractivity contribution in [3.05, 3.63) is 71.2 Å². The van der Waals surface area contributed by atoms with E-state index in [4.69, 9.17) is 4.74 Å². The Morgan fingerprint density at radius 2 is 1.86 bits per heavy atom. The highest BCUT2D eigenvalue weighted by molar-refractivity contribution is 5.88. The summed E-state index contributed by atoms with van der Waals surface area (Å²) in [6.45, 7) is 6.72. The normalized spacial score (nSPS) is 18.3. The Morgan fingerprint density at radius 1 is 1.08 bits per heavy atom. The number of fused-ring (bicyclic) bond motifs is 1. The number of hydrogen-bond donors (Lipinski definition) is 2. The lowest BCUT2D eigenvalue weighted by Gasteiger charge is -2.20. The summed E-state index contributed by atoms with van der Waals surface area (Å²) in [5, 5.41) is 2.87. The van der Waals surface area contributed by atoms with E-state index in [1.54, 1.807) is 0 Å². The van der Waals surface area contributed by atoms with Crippen LogP contribution in [0.3, 0.4) is 0 Å². The van der Waals surface area contributed by atoms with Crippen molar-refractivity contribution in [3.63, 3.8) is 0 Å². The number of carbonyl (C=O) groups excluding carboxylic acids is 1. The summed E-state index contributed by atoms with van der Waals surface area (Å²) >= 11 is 0. The monoisotopic (exact) mass is 484 g/mol. The fourth-order valence-electron chi connectivity index (χ4n) is 5.19. The molecule has 1 aliphatic carbocycles. The van der Waals surface area contributed by atoms with Gasteiger partial charge in [0.15, 0.2) is 0 Å². The molecule has 0 saturated carbocycles. The van der Waals surface area contributed by atoms with E-state index in [0.29, 0.717) is 6.04 Å². The van der Waals surface area contributed by atoms with Crippen molar-refractivity contribution < 1.29 is 9.53 Å². The van der Waals surface area contributed by atoms with E-state index in [1.165, 1.54) is 23.1 Å². The number of aromatic nitrogens is 2. The summed E-state index contributed by atoms with van der Waals surface area (Å²) in [5.41, 5.74) is 7.43. The predicted molar refractivity (Wildman–Crippen MR) is 146 cm³/mol. The molecule has 2 heterocycles. The maximum Gasteiger partial charge on any atom is 0.412 e. The number of allylic oxidation sites excluding steroid dienone is 1. The molecule has 2 N–H and O–H groups in total. The van der Waals surface area contributed by atoms with Crippen LogP contribution in [0.25, 0.3) is 22.9 Å². The minimum Gasteiger partial charge on any atom is -0.444 e. The molecule has 1 amide bonds. The van der Waals surface area contributed by atoms with Gasteiger partial charge in [-0.15, -0.1) is 0 Å². The molecule has 36 heavy (non-hydrogen) atoms. The lowest BCUT2D eigenvalue weighted by atomic mass is 9.98. The van der Waals surface area contributed by atoms with Crippen molar-refractivity contribution in [2.45, 2.75) is 64.5 Å². The van der Waals surface area contributed by atoms with E-state index >= 15 is 0 Å². The Morgan fingerprint density at radius 3 is 2.58 bits per heavy atom. The second-order valence-corrected chi connectivity index (χ2v) is 11.0. The van der Waals surface area contributed by atoms with Crippen LogP contribution in [-0.2, 0) is 11.2 Å². The molecule has 0 bridgehead atoms. The molecule has 2 aliphatic rings. The van der Waals surface area contributed by atoms with Crippen LogP contribution in [-0.4, -0.2) is 40.2 Å². The molecule has 6 nitrogen and oxygen atoms in total. The number of ether oxygens (including phenoxy) is 1. The van der Waals surface area contributed by atoms with Gasteiger partial charge in [0.1, 0.15) is 11.4 Å². The first kappa shape index (κ1) is 24.3. The Kier molecular flexibility index (Phi) is 6.71. The smallest absolute Gasteiger partial charge is 0.412 e. The number of likely N-dealkylation sites (tertiary alicyclic amines) is 1. The Hall–Kier alpha value is -3.38. The van der Waals surface area contributed by atoms with Gasteiger partial charge in [0, 0.05) is 5.69 Å². The zero-order valence-electron chi connectivity index (χ0n) is 21.7. The minimum atomic E-state index is -0.528. The number of imidazole rings is 1. The van der Waals surface area contributed by atoms with Crippen LogP contribution in [0.15, 0.2) is 48.7 Å². The highest BCUT2D eigenvalue weighted by Crippen LogP contribution is 2.33. The summed E-state index contributed by atoms with van der Waals surface area (Å²) in [6.07, 6.45) is 9.31. The molecule has 1 fully saturated rings. The van der Waals surface area contributed by atoms with Gasteiger partial charge in [0.2, 0.25) is 0 Å². The van der Waals surface area contributed by atoms with E-state index in [1.807, 2.05) is 39.1 Å². The molecule has 3 aromatic rings. The van der Waals surface area contributed by atoms with Gasteiger partial charge in [0.25, 0.3) is 0 Å². The molecule has 0 spiro atoms. The van der Waals surface area contributed by atoms with Crippen molar-refractivity contribution in [2.75, 3.05) is 18.9 Å². The number of aromatic amines is 1. The van der Waals surface area contributed by atoms with Crippen LogP contribution in [0.2, 0.25) is 0 Å². The molecule has 6 heteroatoms. The van der Waals surface area contributed by atoms with Crippen LogP contribution in [0.1, 0.15) is 75.0 Å². The second kappa shape index (κ2) is 9.94. The van der Waals surface area contributed by atoms with E-state index in [0.717, 1.165) is 60.6 Å². The first-order valence-corrected chi connectivity index (χ1v) is 12.9. The number of rotatable bonds is 4. The Labute approximate surface area is 213 Å². The van der Waals surface area contributed by atoms with Crippen molar-refractivity contribution in [1.82, 2.24) is 14.9 Å². The molecular weight excluding hydrogens is 448 g/mol. The number of nitrogens with one attached hydrogen (secondary N) is 2. The number of nitrogens with zero attached hydrogens (tertiary/aromatic N) is 2. The molecule has 5 rings (SSSR count). The number of anilines is 1. The van der Waals surface area contributed by atoms with Crippen LogP contribution >= 0.6 is 0 Å². The maximum atomic E-state index is 12.2. The van der Waals surface area contributed by atoms with Gasteiger partial charge in [-0.2, -0.15) is 0 Å². The quantitative estimate of drug-likeness (QED) is 0.416. The van der Waals surface area contributed by atoms with Crippen molar-refractivity contribution in [2.24, 2.45) is 0 Å². The summed E-state index contributed by atoms with van der Waals surface area (Å²) in [5.74, 6) is 1.06. The fourth-order valence-corrected chi connectivity index (χ4v) is 5.19. The number of H-pyrrole nitrogens is 1. The number of amides is 1. The van der Waals surface area contributed by atoms with E-state index in [-0.39, 0.29) is 0 Å². The predicted octanol–water partition coefficient (Wildman–Crippen LogP) is 7.07. The van der Waals surface area contributed by atoms with Crippen molar-refractivity contribution >= 4 is 23.4 Å². The van der Waals surface area contributed by atoms with Crippen molar-refractivity contribution in [1.29, 1.82) is 0 Å².